The number of nitrogens with zero attached hydrogens (tertiary/aromatic N) is 6. The van der Waals surface area contributed by atoms with E-state index in [2.05, 4.69) is 23.5 Å². The maximum Gasteiger partial charge on any atom is 0.250 e. The SMILES string of the molecule is C=CCN(Cn1nnc2ccccc21)C(=O)C1N([C@@H](CO)CC(C)C)C(=O)[C@@H]2[C@H](C(=O)N(CC=C)c3ccc(OCC)cc3)[C@]3(C)CCC12O3. The van der Waals surface area contributed by atoms with Gasteiger partial charge in [0.2, 0.25) is 17.7 Å². The zero-order chi connectivity index (χ0) is 35.8. The maximum atomic E-state index is 15.0. The Kier molecular flexibility index (Phi) is 9.87. The number of rotatable bonds is 15. The molecule has 2 aromatic carbocycles. The number of anilines is 1. The fourth-order valence-corrected chi connectivity index (χ4v) is 8.47. The number of para-hydroxylation sites is 1. The van der Waals surface area contributed by atoms with Crippen molar-refractivity contribution in [2.45, 2.75) is 76.9 Å². The first-order valence-corrected chi connectivity index (χ1v) is 17.5. The summed E-state index contributed by atoms with van der Waals surface area (Å²) >= 11 is 0. The van der Waals surface area contributed by atoms with Crippen LogP contribution >= 0.6 is 0 Å². The lowest BCUT2D eigenvalue weighted by Gasteiger charge is -2.39. The van der Waals surface area contributed by atoms with Crippen molar-refractivity contribution in [1.29, 1.82) is 0 Å². The summed E-state index contributed by atoms with van der Waals surface area (Å²) in [6, 6.07) is 13.0. The van der Waals surface area contributed by atoms with E-state index in [4.69, 9.17) is 9.47 Å². The van der Waals surface area contributed by atoms with Crippen LogP contribution in [0.2, 0.25) is 0 Å². The highest BCUT2D eigenvalue weighted by Crippen LogP contribution is 2.64. The third kappa shape index (κ3) is 5.87. The molecular weight excluding hydrogens is 636 g/mol. The molecule has 0 aliphatic carbocycles. The molecule has 3 saturated heterocycles. The van der Waals surface area contributed by atoms with Gasteiger partial charge >= 0.3 is 0 Å². The molecule has 1 aromatic heterocycles. The van der Waals surface area contributed by atoms with E-state index in [1.165, 1.54) is 0 Å². The number of aliphatic hydroxyl groups is 1. The highest BCUT2D eigenvalue weighted by molar-refractivity contribution is 6.03. The van der Waals surface area contributed by atoms with Crippen LogP contribution in [-0.4, -0.2) is 97.2 Å². The summed E-state index contributed by atoms with van der Waals surface area (Å²) in [4.78, 5) is 49.6. The summed E-state index contributed by atoms with van der Waals surface area (Å²) in [5.41, 5.74) is -0.193. The summed E-state index contributed by atoms with van der Waals surface area (Å²) in [7, 11) is 0. The molecule has 3 aromatic rings. The molecule has 0 radical (unpaired) electrons. The number of fused-ring (bicyclic) bond motifs is 2. The third-order valence-electron chi connectivity index (χ3n) is 10.5. The van der Waals surface area contributed by atoms with E-state index in [1.54, 1.807) is 31.5 Å². The second-order valence-electron chi connectivity index (χ2n) is 14.2. The lowest BCUT2D eigenvalue weighted by molar-refractivity contribution is -0.156. The van der Waals surface area contributed by atoms with Gasteiger partial charge in [0.05, 0.1) is 42.2 Å². The van der Waals surface area contributed by atoms with Gasteiger partial charge < -0.3 is 29.3 Å². The number of carbonyl (C=O) groups is 3. The van der Waals surface area contributed by atoms with E-state index >= 15 is 4.79 Å². The van der Waals surface area contributed by atoms with Crippen molar-refractivity contribution < 1.29 is 29.0 Å². The van der Waals surface area contributed by atoms with Crippen molar-refractivity contribution in [3.8, 4) is 5.75 Å². The quantitative estimate of drug-likeness (QED) is 0.236. The van der Waals surface area contributed by atoms with Gasteiger partial charge in [-0.05, 0) is 75.4 Å². The number of carbonyl (C=O) groups excluding carboxylic acids is 3. The van der Waals surface area contributed by atoms with Crippen molar-refractivity contribution >= 4 is 34.4 Å². The topological polar surface area (TPSA) is 130 Å². The van der Waals surface area contributed by atoms with Gasteiger partial charge in [-0.1, -0.05) is 43.3 Å². The first kappa shape index (κ1) is 35.3. The van der Waals surface area contributed by atoms with Crippen LogP contribution < -0.4 is 9.64 Å². The van der Waals surface area contributed by atoms with E-state index in [-0.39, 0.29) is 50.0 Å². The number of likely N-dealkylation sites (tertiary alicyclic amines) is 1. The Labute approximate surface area is 293 Å². The number of hydrogen-bond donors (Lipinski definition) is 1. The van der Waals surface area contributed by atoms with Crippen LogP contribution in [0, 0.1) is 17.8 Å². The molecule has 4 heterocycles. The van der Waals surface area contributed by atoms with Crippen LogP contribution in [-0.2, 0) is 25.8 Å². The Morgan fingerprint density at radius 2 is 1.82 bits per heavy atom. The number of ether oxygens (including phenoxy) is 2. The molecule has 2 unspecified atom stereocenters. The molecule has 3 aliphatic heterocycles. The van der Waals surface area contributed by atoms with Crippen molar-refractivity contribution in [2.24, 2.45) is 17.8 Å². The number of amides is 3. The van der Waals surface area contributed by atoms with Crippen molar-refractivity contribution in [1.82, 2.24) is 24.8 Å². The van der Waals surface area contributed by atoms with Gasteiger partial charge in [-0.15, -0.1) is 18.3 Å². The summed E-state index contributed by atoms with van der Waals surface area (Å²) < 4.78 is 14.2. The van der Waals surface area contributed by atoms with E-state index < -0.39 is 35.1 Å². The lowest BCUT2D eigenvalue weighted by atomic mass is 9.66. The predicted octanol–water partition coefficient (Wildman–Crippen LogP) is 4.19. The molecule has 2 bridgehead atoms. The average molecular weight is 685 g/mol. The molecule has 12 heteroatoms. The highest BCUT2D eigenvalue weighted by atomic mass is 16.5. The Morgan fingerprint density at radius 3 is 2.48 bits per heavy atom. The number of hydrogen-bond acceptors (Lipinski definition) is 8. The first-order valence-electron chi connectivity index (χ1n) is 17.5. The van der Waals surface area contributed by atoms with E-state index in [9.17, 15) is 14.7 Å². The third-order valence-corrected chi connectivity index (χ3v) is 10.5. The highest BCUT2D eigenvalue weighted by Gasteiger charge is 2.79. The van der Waals surface area contributed by atoms with Crippen molar-refractivity contribution in [3.63, 3.8) is 0 Å². The molecule has 3 fully saturated rings. The standard InChI is InChI=1S/C38H48N6O6/c1-7-20-41(24-43-30-13-11-10-12-29(30)39-40-43)36(48)33-38-19-18-37(6,50-38)31(32(38)35(47)44(33)27(23-45)22-25(4)5)34(46)42(21-8-2)26-14-16-28(17-15-26)49-9-3/h7-8,10-17,25,27,31-33,45H,1-2,9,18-24H2,3-6H3/t27-,31-,32+,33?,37+,38?/m1/s1. The fraction of sp³-hybridized carbons (Fsp3) is 0.500. The van der Waals surface area contributed by atoms with Gasteiger partial charge in [0.25, 0.3) is 0 Å². The molecule has 266 valence electrons. The molecule has 3 aliphatic rings. The Bertz CT molecular complexity index is 1760. The summed E-state index contributed by atoms with van der Waals surface area (Å²) in [6.07, 6.45) is 4.65. The molecular formula is C38H48N6O6. The van der Waals surface area contributed by atoms with Crippen LogP contribution in [0.4, 0.5) is 5.69 Å². The van der Waals surface area contributed by atoms with Crippen molar-refractivity contribution in [2.75, 3.05) is 31.2 Å². The number of aliphatic hydroxyl groups excluding tert-OH is 1. The molecule has 3 amide bonds. The van der Waals surface area contributed by atoms with Crippen LogP contribution in [0.3, 0.4) is 0 Å². The smallest absolute Gasteiger partial charge is 0.250 e. The Balaban J connectivity index is 1.42. The second-order valence-corrected chi connectivity index (χ2v) is 14.2. The minimum Gasteiger partial charge on any atom is -0.494 e. The largest absolute Gasteiger partial charge is 0.494 e. The zero-order valence-corrected chi connectivity index (χ0v) is 29.4. The Morgan fingerprint density at radius 1 is 1.10 bits per heavy atom. The fourth-order valence-electron chi connectivity index (χ4n) is 8.47. The van der Waals surface area contributed by atoms with E-state index in [0.29, 0.717) is 42.8 Å². The number of benzene rings is 2. The van der Waals surface area contributed by atoms with Crippen molar-refractivity contribution in [3.05, 3.63) is 73.8 Å². The normalized spacial score (nSPS) is 25.9. The molecule has 12 nitrogen and oxygen atoms in total. The maximum absolute atomic E-state index is 15.0. The van der Waals surface area contributed by atoms with Gasteiger partial charge in [0, 0.05) is 18.8 Å². The van der Waals surface area contributed by atoms with Gasteiger partial charge in [-0.25, -0.2) is 4.68 Å². The van der Waals surface area contributed by atoms with Crippen LogP contribution in [0.1, 0.15) is 47.0 Å². The van der Waals surface area contributed by atoms with E-state index in [0.717, 1.165) is 5.52 Å². The van der Waals surface area contributed by atoms with Gasteiger partial charge in [0.15, 0.2) is 0 Å². The van der Waals surface area contributed by atoms with Gasteiger partial charge in [0.1, 0.15) is 29.6 Å². The summed E-state index contributed by atoms with van der Waals surface area (Å²) in [6.45, 7) is 16.2. The monoisotopic (exact) mass is 684 g/mol. The van der Waals surface area contributed by atoms with E-state index in [1.807, 2.05) is 76.2 Å². The summed E-state index contributed by atoms with van der Waals surface area (Å²) in [5, 5.41) is 19.3. The first-order chi connectivity index (χ1) is 24.0. The molecule has 6 atom stereocenters. The second kappa shape index (κ2) is 14.0. The van der Waals surface area contributed by atoms with Crippen LogP contribution in [0.15, 0.2) is 73.8 Å². The minimum absolute atomic E-state index is 0.0586. The molecule has 6 rings (SSSR count). The lowest BCUT2D eigenvalue weighted by Crippen LogP contribution is -2.59. The molecule has 1 spiro atoms. The minimum atomic E-state index is -1.28. The van der Waals surface area contributed by atoms with Crippen LogP contribution in [0.5, 0.6) is 5.75 Å². The number of aromatic nitrogens is 3. The Hall–Kier alpha value is -4.55. The van der Waals surface area contributed by atoms with Crippen LogP contribution in [0.25, 0.3) is 11.0 Å². The molecule has 0 saturated carbocycles. The average Bonchev–Trinajstić information content (AvgIpc) is 3.81. The van der Waals surface area contributed by atoms with Gasteiger partial charge in [-0.3, -0.25) is 14.4 Å². The summed E-state index contributed by atoms with van der Waals surface area (Å²) in [5.74, 6) is -1.98. The molecule has 50 heavy (non-hydrogen) atoms. The zero-order valence-electron chi connectivity index (χ0n) is 29.4. The molecule has 1 N–H and O–H groups in total. The van der Waals surface area contributed by atoms with Gasteiger partial charge in [-0.2, -0.15) is 0 Å². The predicted molar refractivity (Wildman–Crippen MR) is 189 cm³/mol.